The number of sulfonamides is 1. The van der Waals surface area contributed by atoms with Crippen LogP contribution in [0.2, 0.25) is 0 Å². The topological polar surface area (TPSA) is 128 Å². The van der Waals surface area contributed by atoms with Gasteiger partial charge in [-0.25, -0.2) is 18.5 Å². The van der Waals surface area contributed by atoms with Crippen LogP contribution in [0.25, 0.3) is 0 Å². The number of aromatic nitrogens is 1. The fourth-order valence-corrected chi connectivity index (χ4v) is 2.89. The maximum Gasteiger partial charge on any atom is 0.275 e. The molecule has 1 aromatic carbocycles. The number of anilines is 1. The summed E-state index contributed by atoms with van der Waals surface area (Å²) in [6, 6.07) is 5.58. The van der Waals surface area contributed by atoms with E-state index >= 15 is 0 Å². The van der Waals surface area contributed by atoms with Crippen molar-refractivity contribution in [1.82, 2.24) is 4.98 Å². The smallest absolute Gasteiger partial charge is 0.275 e. The van der Waals surface area contributed by atoms with E-state index in [4.69, 9.17) is 10.9 Å². The van der Waals surface area contributed by atoms with E-state index < -0.39 is 10.0 Å². The van der Waals surface area contributed by atoms with Crippen LogP contribution in [-0.2, 0) is 16.4 Å². The highest BCUT2D eigenvalue weighted by atomic mass is 32.2. The van der Waals surface area contributed by atoms with Gasteiger partial charge < -0.3 is 11.1 Å². The van der Waals surface area contributed by atoms with E-state index in [-0.39, 0.29) is 10.8 Å². The molecule has 1 amide bonds. The lowest BCUT2D eigenvalue weighted by atomic mass is 10.3. The Balaban J connectivity index is 2.08. The molecule has 0 unspecified atom stereocenters. The molecule has 112 valence electrons. The number of hydrogen-bond donors (Lipinski definition) is 3. The minimum Gasteiger partial charge on any atom is -0.330 e. The van der Waals surface area contributed by atoms with Gasteiger partial charge in [-0.15, -0.1) is 11.3 Å². The van der Waals surface area contributed by atoms with Crippen LogP contribution in [0.5, 0.6) is 0 Å². The quantitative estimate of drug-likeness (QED) is 0.739. The van der Waals surface area contributed by atoms with Gasteiger partial charge in [0.05, 0.1) is 9.90 Å². The number of hydrogen-bond acceptors (Lipinski definition) is 6. The van der Waals surface area contributed by atoms with Crippen molar-refractivity contribution in [3.8, 4) is 0 Å². The Kier molecular flexibility index (Phi) is 4.68. The number of nitrogens with two attached hydrogens (primary N) is 2. The SMILES string of the molecule is NCCc1nc(C(=O)Nc2ccc(S(N)(=O)=O)cc2)cs1. The number of carbonyl (C=O) groups is 1. The lowest BCUT2D eigenvalue weighted by Gasteiger charge is -2.04. The zero-order valence-electron chi connectivity index (χ0n) is 10.9. The molecule has 0 atom stereocenters. The summed E-state index contributed by atoms with van der Waals surface area (Å²) in [7, 11) is -3.74. The van der Waals surface area contributed by atoms with Crippen molar-refractivity contribution in [3.05, 3.63) is 40.3 Å². The predicted octanol–water partition coefficient (Wildman–Crippen LogP) is 0.544. The number of nitrogens with zero attached hydrogens (tertiary/aromatic N) is 1. The molecule has 0 saturated carbocycles. The van der Waals surface area contributed by atoms with Gasteiger partial charge in [-0.05, 0) is 30.8 Å². The van der Waals surface area contributed by atoms with Gasteiger partial charge >= 0.3 is 0 Å². The molecule has 0 fully saturated rings. The van der Waals surface area contributed by atoms with E-state index in [0.29, 0.717) is 24.3 Å². The molecule has 0 aliphatic heterocycles. The van der Waals surface area contributed by atoms with Crippen LogP contribution in [-0.4, -0.2) is 25.9 Å². The number of rotatable bonds is 5. The average molecular weight is 326 g/mol. The van der Waals surface area contributed by atoms with Crippen LogP contribution in [0.15, 0.2) is 34.5 Å². The van der Waals surface area contributed by atoms with Gasteiger partial charge in [0.15, 0.2) is 0 Å². The molecule has 1 heterocycles. The summed E-state index contributed by atoms with van der Waals surface area (Å²) in [5, 5.41) is 10.1. The third kappa shape index (κ3) is 4.08. The minimum atomic E-state index is -3.74. The number of benzene rings is 1. The van der Waals surface area contributed by atoms with E-state index in [1.165, 1.54) is 35.6 Å². The molecule has 2 aromatic rings. The Labute approximate surface area is 126 Å². The molecule has 0 saturated heterocycles. The highest BCUT2D eigenvalue weighted by molar-refractivity contribution is 7.89. The molecule has 5 N–H and O–H groups in total. The van der Waals surface area contributed by atoms with Crippen LogP contribution in [0.1, 0.15) is 15.5 Å². The molecule has 0 bridgehead atoms. The molecule has 9 heteroatoms. The fraction of sp³-hybridized carbons (Fsp3) is 0.167. The summed E-state index contributed by atoms with van der Waals surface area (Å²) in [5.41, 5.74) is 6.19. The number of amides is 1. The zero-order chi connectivity index (χ0) is 15.5. The number of thiazole rings is 1. The number of primary sulfonamides is 1. The lowest BCUT2D eigenvalue weighted by molar-refractivity contribution is 0.102. The number of carbonyl (C=O) groups excluding carboxylic acids is 1. The van der Waals surface area contributed by atoms with Crippen molar-refractivity contribution in [2.75, 3.05) is 11.9 Å². The summed E-state index contributed by atoms with van der Waals surface area (Å²) < 4.78 is 22.2. The normalized spacial score (nSPS) is 11.3. The van der Waals surface area contributed by atoms with E-state index in [0.717, 1.165) is 5.01 Å². The minimum absolute atomic E-state index is 0.0145. The Morgan fingerprint density at radius 3 is 2.52 bits per heavy atom. The molecule has 2 rings (SSSR count). The third-order valence-corrected chi connectivity index (χ3v) is 4.42. The zero-order valence-corrected chi connectivity index (χ0v) is 12.6. The molecule has 0 aliphatic carbocycles. The van der Waals surface area contributed by atoms with Crippen molar-refractivity contribution >= 4 is 33.0 Å². The summed E-state index contributed by atoms with van der Waals surface area (Å²) in [4.78, 5) is 16.1. The maximum atomic E-state index is 12.0. The van der Waals surface area contributed by atoms with Crippen LogP contribution >= 0.6 is 11.3 Å². The molecule has 21 heavy (non-hydrogen) atoms. The van der Waals surface area contributed by atoms with E-state index in [1.54, 1.807) is 5.38 Å². The monoisotopic (exact) mass is 326 g/mol. The van der Waals surface area contributed by atoms with E-state index in [1.807, 2.05) is 0 Å². The van der Waals surface area contributed by atoms with Gasteiger partial charge in [0, 0.05) is 17.5 Å². The van der Waals surface area contributed by atoms with Crippen molar-refractivity contribution in [2.24, 2.45) is 10.9 Å². The Morgan fingerprint density at radius 1 is 1.29 bits per heavy atom. The third-order valence-electron chi connectivity index (χ3n) is 2.58. The van der Waals surface area contributed by atoms with Crippen LogP contribution in [0.4, 0.5) is 5.69 Å². The molecular weight excluding hydrogens is 312 g/mol. The highest BCUT2D eigenvalue weighted by Crippen LogP contribution is 2.15. The first-order chi connectivity index (χ1) is 9.90. The summed E-state index contributed by atoms with van der Waals surface area (Å²) in [5.74, 6) is -0.363. The molecule has 0 aliphatic rings. The van der Waals surface area contributed by atoms with E-state index in [9.17, 15) is 13.2 Å². The first kappa shape index (κ1) is 15.6. The highest BCUT2D eigenvalue weighted by Gasteiger charge is 2.12. The van der Waals surface area contributed by atoms with Crippen molar-refractivity contribution < 1.29 is 13.2 Å². The molecular formula is C12H14N4O3S2. The average Bonchev–Trinajstić information content (AvgIpc) is 2.87. The summed E-state index contributed by atoms with van der Waals surface area (Å²) >= 11 is 1.37. The molecule has 7 nitrogen and oxygen atoms in total. The second-order valence-electron chi connectivity index (χ2n) is 4.19. The first-order valence-corrected chi connectivity index (χ1v) is 8.41. The lowest BCUT2D eigenvalue weighted by Crippen LogP contribution is -2.14. The second kappa shape index (κ2) is 6.31. The Morgan fingerprint density at radius 2 is 1.95 bits per heavy atom. The molecule has 1 aromatic heterocycles. The van der Waals surface area contributed by atoms with Crippen LogP contribution in [0.3, 0.4) is 0 Å². The summed E-state index contributed by atoms with van der Waals surface area (Å²) in [6.07, 6.45) is 0.626. The fourth-order valence-electron chi connectivity index (χ4n) is 1.58. The van der Waals surface area contributed by atoms with Crippen LogP contribution in [0, 0.1) is 0 Å². The first-order valence-electron chi connectivity index (χ1n) is 5.99. The van der Waals surface area contributed by atoms with Crippen LogP contribution < -0.4 is 16.2 Å². The van der Waals surface area contributed by atoms with Gasteiger partial charge in [0.1, 0.15) is 5.69 Å². The molecule has 0 spiro atoms. The van der Waals surface area contributed by atoms with Gasteiger partial charge in [0.25, 0.3) is 5.91 Å². The summed E-state index contributed by atoms with van der Waals surface area (Å²) in [6.45, 7) is 0.476. The van der Waals surface area contributed by atoms with Crippen molar-refractivity contribution in [2.45, 2.75) is 11.3 Å². The van der Waals surface area contributed by atoms with Crippen molar-refractivity contribution in [3.63, 3.8) is 0 Å². The van der Waals surface area contributed by atoms with Gasteiger partial charge in [0.2, 0.25) is 10.0 Å². The van der Waals surface area contributed by atoms with Crippen molar-refractivity contribution in [1.29, 1.82) is 0 Å². The Hall–Kier alpha value is -1.81. The largest absolute Gasteiger partial charge is 0.330 e. The maximum absolute atomic E-state index is 12.0. The second-order valence-corrected chi connectivity index (χ2v) is 6.69. The van der Waals surface area contributed by atoms with Gasteiger partial charge in [-0.2, -0.15) is 0 Å². The Bertz CT molecular complexity index is 738. The van der Waals surface area contributed by atoms with Gasteiger partial charge in [-0.3, -0.25) is 4.79 Å². The van der Waals surface area contributed by atoms with E-state index in [2.05, 4.69) is 10.3 Å². The van der Waals surface area contributed by atoms with Gasteiger partial charge in [-0.1, -0.05) is 0 Å². The standard InChI is InChI=1S/C12H14N4O3S2/c13-6-5-11-16-10(7-20-11)12(17)15-8-1-3-9(4-2-8)21(14,18)19/h1-4,7H,5-6,13H2,(H,15,17)(H2,14,18,19). The number of nitrogens with one attached hydrogen (secondary N) is 1. The molecule has 0 radical (unpaired) electrons. The predicted molar refractivity (Wildman–Crippen MR) is 80.6 cm³/mol.